The van der Waals surface area contributed by atoms with Crippen LogP contribution in [0.25, 0.3) is 0 Å². The van der Waals surface area contributed by atoms with Crippen LogP contribution in [0, 0.1) is 0 Å². The molecule has 0 amide bonds. The molecule has 0 radical (unpaired) electrons. The third-order valence-corrected chi connectivity index (χ3v) is 2.70. The number of aliphatic hydroxyl groups excluding tert-OH is 2. The van der Waals surface area contributed by atoms with Gasteiger partial charge in [-0.1, -0.05) is 0 Å². The summed E-state index contributed by atoms with van der Waals surface area (Å²) in [6, 6.07) is 0. The second-order valence-electron chi connectivity index (χ2n) is 4.54. The van der Waals surface area contributed by atoms with Crippen molar-refractivity contribution in [2.24, 2.45) is 0 Å². The lowest BCUT2D eigenvalue weighted by molar-refractivity contribution is -0.440. The van der Waals surface area contributed by atoms with E-state index in [1.807, 2.05) is 0 Å². The first-order valence-electron chi connectivity index (χ1n) is 5.45. The smallest absolute Gasteiger partial charge is 0.394 e. The molecule has 2 N–H and O–H groups in total. The third kappa shape index (κ3) is 3.23. The SMILES string of the molecule is OC[C@@H](O)CC(F)(F)C(F)(F)C(F)(F)C(F)(F)C(F)(F)C(F)(F)F. The van der Waals surface area contributed by atoms with Crippen LogP contribution in [-0.2, 0) is 0 Å². The van der Waals surface area contributed by atoms with Gasteiger partial charge in [0.25, 0.3) is 0 Å². The highest BCUT2D eigenvalue weighted by Crippen LogP contribution is 2.60. The monoisotopic (exact) mass is 394 g/mol. The van der Waals surface area contributed by atoms with Crippen molar-refractivity contribution in [2.45, 2.75) is 48.3 Å². The van der Waals surface area contributed by atoms with E-state index in [1.165, 1.54) is 0 Å². The van der Waals surface area contributed by atoms with Crippen molar-refractivity contribution in [1.82, 2.24) is 0 Å². The minimum absolute atomic E-state index is 1.74. The quantitative estimate of drug-likeness (QED) is 0.650. The molecule has 24 heavy (non-hydrogen) atoms. The van der Waals surface area contributed by atoms with Gasteiger partial charge in [0.1, 0.15) is 0 Å². The van der Waals surface area contributed by atoms with E-state index < -0.39 is 54.9 Å². The summed E-state index contributed by atoms with van der Waals surface area (Å²) in [6.07, 6.45) is -13.2. The number of hydrogen-bond acceptors (Lipinski definition) is 2. The maximum atomic E-state index is 13.0. The first-order chi connectivity index (χ1) is 10.2. The van der Waals surface area contributed by atoms with Gasteiger partial charge in [0.05, 0.1) is 12.7 Å². The van der Waals surface area contributed by atoms with Crippen LogP contribution < -0.4 is 0 Å². The molecule has 0 aliphatic rings. The van der Waals surface area contributed by atoms with Crippen LogP contribution >= 0.6 is 0 Å². The lowest BCUT2D eigenvalue weighted by Gasteiger charge is -2.40. The summed E-state index contributed by atoms with van der Waals surface area (Å²) < 4.78 is 164. The van der Waals surface area contributed by atoms with Gasteiger partial charge in [-0.3, -0.25) is 0 Å². The Balaban J connectivity index is 6.11. The van der Waals surface area contributed by atoms with E-state index >= 15 is 0 Å². The van der Waals surface area contributed by atoms with Gasteiger partial charge in [-0.05, 0) is 0 Å². The lowest BCUT2D eigenvalue weighted by atomic mass is 9.91. The van der Waals surface area contributed by atoms with Crippen LogP contribution in [0.2, 0.25) is 0 Å². The highest BCUT2D eigenvalue weighted by atomic mass is 19.4. The predicted molar refractivity (Wildman–Crippen MR) is 48.5 cm³/mol. The van der Waals surface area contributed by atoms with Crippen LogP contribution in [0.15, 0.2) is 0 Å². The van der Waals surface area contributed by atoms with E-state index in [2.05, 4.69) is 0 Å². The Hall–Kier alpha value is -0.990. The number of alkyl halides is 13. The molecule has 0 spiro atoms. The molecule has 0 rings (SSSR count). The second kappa shape index (κ2) is 6.07. The van der Waals surface area contributed by atoms with Crippen molar-refractivity contribution < 1.29 is 67.3 Å². The van der Waals surface area contributed by atoms with E-state index in [4.69, 9.17) is 10.2 Å². The molecular weight excluding hydrogens is 387 g/mol. The van der Waals surface area contributed by atoms with Gasteiger partial charge in [-0.2, -0.15) is 57.1 Å². The number of hydrogen-bond donors (Lipinski definition) is 2. The average molecular weight is 394 g/mol. The van der Waals surface area contributed by atoms with Crippen LogP contribution in [0.3, 0.4) is 0 Å². The van der Waals surface area contributed by atoms with Crippen LogP contribution in [-0.4, -0.2) is 58.7 Å². The topological polar surface area (TPSA) is 40.5 Å². The second-order valence-corrected chi connectivity index (χ2v) is 4.54. The number of aliphatic hydroxyl groups is 2. The van der Waals surface area contributed by atoms with E-state index in [1.54, 1.807) is 0 Å². The number of rotatable bonds is 7. The summed E-state index contributed by atoms with van der Waals surface area (Å²) in [6.45, 7) is -1.74. The highest BCUT2D eigenvalue weighted by Gasteiger charge is 2.90. The average Bonchev–Trinajstić information content (AvgIpc) is 2.35. The maximum Gasteiger partial charge on any atom is 0.460 e. The Labute approximate surface area is 123 Å². The minimum atomic E-state index is -7.96. The van der Waals surface area contributed by atoms with Crippen LogP contribution in [0.1, 0.15) is 6.42 Å². The molecule has 0 aliphatic carbocycles. The lowest BCUT2D eigenvalue weighted by Crippen LogP contribution is -2.70. The summed E-state index contributed by atoms with van der Waals surface area (Å²) >= 11 is 0. The van der Waals surface area contributed by atoms with Gasteiger partial charge in [0.2, 0.25) is 0 Å². The molecule has 0 fully saturated rings. The molecule has 0 aromatic rings. The molecule has 0 aromatic heterocycles. The van der Waals surface area contributed by atoms with E-state index in [-0.39, 0.29) is 0 Å². The fraction of sp³-hybridized carbons (Fsp3) is 1.00. The van der Waals surface area contributed by atoms with Gasteiger partial charge in [-0.15, -0.1) is 0 Å². The molecule has 0 saturated heterocycles. The standard InChI is InChI=1S/C9H7F13O2/c10-4(11,1-3(24)2-23)5(12,13)6(14,15)7(16,17)8(18,19)9(20,21)22/h3,23-24H,1-2H2/t3-/m0/s1. The molecule has 15 heteroatoms. The molecule has 0 bridgehead atoms. The molecular formula is C9H7F13O2. The minimum Gasteiger partial charge on any atom is -0.394 e. The fourth-order valence-corrected chi connectivity index (χ4v) is 1.29. The first kappa shape index (κ1) is 23.0. The largest absolute Gasteiger partial charge is 0.460 e. The molecule has 2 nitrogen and oxygen atoms in total. The number of halogens is 13. The fourth-order valence-electron chi connectivity index (χ4n) is 1.29. The zero-order valence-electron chi connectivity index (χ0n) is 10.8. The summed E-state index contributed by atoms with van der Waals surface area (Å²) in [5, 5.41) is 16.6. The van der Waals surface area contributed by atoms with Gasteiger partial charge >= 0.3 is 35.8 Å². The van der Waals surface area contributed by atoms with Gasteiger partial charge in [0.15, 0.2) is 0 Å². The van der Waals surface area contributed by atoms with E-state index in [0.717, 1.165) is 0 Å². The summed E-state index contributed by atoms with van der Waals surface area (Å²) in [4.78, 5) is 0. The molecule has 146 valence electrons. The van der Waals surface area contributed by atoms with Crippen molar-refractivity contribution in [3.05, 3.63) is 0 Å². The van der Waals surface area contributed by atoms with Crippen LogP contribution in [0.4, 0.5) is 57.1 Å². The van der Waals surface area contributed by atoms with Crippen molar-refractivity contribution in [2.75, 3.05) is 6.61 Å². The predicted octanol–water partition coefficient (Wildman–Crippen LogP) is 3.47. The molecule has 0 saturated carbocycles. The highest BCUT2D eigenvalue weighted by molar-refractivity contribution is 5.10. The van der Waals surface area contributed by atoms with E-state index in [0.29, 0.717) is 0 Å². The molecule has 1 atom stereocenters. The third-order valence-electron chi connectivity index (χ3n) is 2.70. The molecule has 0 heterocycles. The zero-order valence-corrected chi connectivity index (χ0v) is 10.8. The normalized spacial score (nSPS) is 17.1. The van der Waals surface area contributed by atoms with Crippen molar-refractivity contribution in [3.8, 4) is 0 Å². The van der Waals surface area contributed by atoms with Gasteiger partial charge in [-0.25, -0.2) is 0 Å². The molecule has 0 aromatic carbocycles. The summed E-state index contributed by atoms with van der Waals surface area (Å²) in [5.74, 6) is -37.4. The Morgan fingerprint density at radius 2 is 0.917 bits per heavy atom. The maximum absolute atomic E-state index is 13.0. The van der Waals surface area contributed by atoms with Gasteiger partial charge < -0.3 is 10.2 Å². The Kier molecular flexibility index (Phi) is 5.82. The van der Waals surface area contributed by atoms with E-state index in [9.17, 15) is 57.1 Å². The van der Waals surface area contributed by atoms with Gasteiger partial charge in [0, 0.05) is 6.42 Å². The van der Waals surface area contributed by atoms with Crippen molar-refractivity contribution in [1.29, 1.82) is 0 Å². The summed E-state index contributed by atoms with van der Waals surface area (Å²) in [5.41, 5.74) is 0. The van der Waals surface area contributed by atoms with Crippen molar-refractivity contribution >= 4 is 0 Å². The molecule has 0 aliphatic heterocycles. The Bertz CT molecular complexity index is 441. The zero-order chi connectivity index (χ0) is 20.0. The molecule has 0 unspecified atom stereocenters. The van der Waals surface area contributed by atoms with Crippen LogP contribution in [0.5, 0.6) is 0 Å². The Morgan fingerprint density at radius 3 is 1.21 bits per heavy atom. The first-order valence-corrected chi connectivity index (χ1v) is 5.45. The summed E-state index contributed by atoms with van der Waals surface area (Å²) in [7, 11) is 0. The van der Waals surface area contributed by atoms with Crippen molar-refractivity contribution in [3.63, 3.8) is 0 Å². The Morgan fingerprint density at radius 1 is 0.583 bits per heavy atom.